The first kappa shape index (κ1) is 19.6. The van der Waals surface area contributed by atoms with Gasteiger partial charge in [0.2, 0.25) is 0 Å². The monoisotopic (exact) mass is 397 g/mol. The van der Waals surface area contributed by atoms with Crippen LogP contribution >= 0.6 is 0 Å². The fourth-order valence-corrected chi connectivity index (χ4v) is 3.88. The molecule has 3 heterocycles. The van der Waals surface area contributed by atoms with Gasteiger partial charge in [-0.3, -0.25) is 14.9 Å². The van der Waals surface area contributed by atoms with Crippen LogP contribution < -0.4 is 0 Å². The van der Waals surface area contributed by atoms with Crippen LogP contribution in [0.1, 0.15) is 47.0 Å². The SMILES string of the molecule is FC(F)(F)c1ccc(Cc2cccc([C@H]3CCCN3Cc3cccnc3)n2)cc1. The molecule has 1 fully saturated rings. The lowest BCUT2D eigenvalue weighted by Crippen LogP contribution is -2.23. The molecule has 0 amide bonds. The van der Waals surface area contributed by atoms with E-state index in [4.69, 9.17) is 4.98 Å². The van der Waals surface area contributed by atoms with Crippen LogP contribution in [0.15, 0.2) is 67.0 Å². The highest BCUT2D eigenvalue weighted by Crippen LogP contribution is 2.32. The third-order valence-corrected chi connectivity index (χ3v) is 5.31. The normalized spacial score (nSPS) is 17.6. The van der Waals surface area contributed by atoms with E-state index in [0.717, 1.165) is 55.0 Å². The van der Waals surface area contributed by atoms with E-state index in [0.29, 0.717) is 6.42 Å². The molecule has 1 aliphatic heterocycles. The lowest BCUT2D eigenvalue weighted by atomic mass is 10.0. The summed E-state index contributed by atoms with van der Waals surface area (Å²) in [6, 6.07) is 15.6. The molecule has 1 aliphatic rings. The summed E-state index contributed by atoms with van der Waals surface area (Å²) in [5.74, 6) is 0. The summed E-state index contributed by atoms with van der Waals surface area (Å²) in [5.41, 5.74) is 3.27. The van der Waals surface area contributed by atoms with Gasteiger partial charge in [-0.05, 0) is 60.8 Å². The Bertz CT molecular complexity index is 940. The van der Waals surface area contributed by atoms with Crippen LogP contribution in [-0.4, -0.2) is 21.4 Å². The number of rotatable bonds is 5. The molecule has 0 spiro atoms. The third-order valence-electron chi connectivity index (χ3n) is 5.31. The lowest BCUT2D eigenvalue weighted by Gasteiger charge is -2.24. The predicted octanol–water partition coefficient (Wildman–Crippen LogP) is 5.42. The van der Waals surface area contributed by atoms with Crippen LogP contribution in [0.2, 0.25) is 0 Å². The molecule has 29 heavy (non-hydrogen) atoms. The minimum absolute atomic E-state index is 0.253. The van der Waals surface area contributed by atoms with Gasteiger partial charge in [0.05, 0.1) is 17.3 Å². The molecule has 0 bridgehead atoms. The summed E-state index contributed by atoms with van der Waals surface area (Å²) >= 11 is 0. The summed E-state index contributed by atoms with van der Waals surface area (Å²) in [7, 11) is 0. The second-order valence-corrected chi connectivity index (χ2v) is 7.42. The van der Waals surface area contributed by atoms with Gasteiger partial charge in [-0.25, -0.2) is 0 Å². The lowest BCUT2D eigenvalue weighted by molar-refractivity contribution is -0.137. The summed E-state index contributed by atoms with van der Waals surface area (Å²) in [4.78, 5) is 11.4. The number of benzene rings is 1. The summed E-state index contributed by atoms with van der Waals surface area (Å²) in [5, 5.41) is 0. The van der Waals surface area contributed by atoms with Gasteiger partial charge < -0.3 is 0 Å². The van der Waals surface area contributed by atoms with Crippen LogP contribution in [0, 0.1) is 0 Å². The topological polar surface area (TPSA) is 29.0 Å². The van der Waals surface area contributed by atoms with Crippen molar-refractivity contribution in [1.82, 2.24) is 14.9 Å². The smallest absolute Gasteiger partial charge is 0.290 e. The molecule has 0 aliphatic carbocycles. The van der Waals surface area contributed by atoms with Crippen molar-refractivity contribution >= 4 is 0 Å². The van der Waals surface area contributed by atoms with Crippen LogP contribution in [0.5, 0.6) is 0 Å². The summed E-state index contributed by atoms with van der Waals surface area (Å²) in [6.07, 6.45) is 2.05. The molecule has 3 aromatic rings. The molecular weight excluding hydrogens is 375 g/mol. The second-order valence-electron chi connectivity index (χ2n) is 7.42. The first-order valence-corrected chi connectivity index (χ1v) is 9.74. The first-order chi connectivity index (χ1) is 14.0. The zero-order valence-electron chi connectivity index (χ0n) is 15.9. The molecule has 6 heteroatoms. The van der Waals surface area contributed by atoms with Crippen LogP contribution in [0.25, 0.3) is 0 Å². The number of alkyl halides is 3. The molecular formula is C23H22F3N3. The number of nitrogens with zero attached hydrogens (tertiary/aromatic N) is 3. The molecule has 1 aromatic carbocycles. The Kier molecular flexibility index (Phi) is 5.62. The standard InChI is InChI=1S/C23H22F3N3/c24-23(25,26)19-10-8-17(9-11-19)14-20-5-1-6-21(28-20)22-7-3-13-29(22)16-18-4-2-12-27-15-18/h1-2,4-6,8-12,15,22H,3,7,13-14,16H2/t22-/m1/s1. The fourth-order valence-electron chi connectivity index (χ4n) is 3.88. The van der Waals surface area contributed by atoms with Crippen molar-refractivity contribution in [3.05, 3.63) is 95.1 Å². The van der Waals surface area contributed by atoms with E-state index in [1.807, 2.05) is 30.5 Å². The van der Waals surface area contributed by atoms with Crippen LogP contribution in [0.4, 0.5) is 13.2 Å². The largest absolute Gasteiger partial charge is 0.416 e. The maximum Gasteiger partial charge on any atom is 0.416 e. The van der Waals surface area contributed by atoms with E-state index in [1.54, 1.807) is 6.20 Å². The summed E-state index contributed by atoms with van der Waals surface area (Å²) < 4.78 is 38.2. The van der Waals surface area contributed by atoms with E-state index in [2.05, 4.69) is 16.0 Å². The average Bonchev–Trinajstić information content (AvgIpc) is 3.17. The fraction of sp³-hybridized carbons (Fsp3) is 0.304. The molecule has 150 valence electrons. The van der Waals surface area contributed by atoms with E-state index in [1.165, 1.54) is 17.7 Å². The quantitative estimate of drug-likeness (QED) is 0.575. The maximum atomic E-state index is 12.7. The molecule has 1 atom stereocenters. The number of aromatic nitrogens is 2. The number of hydrogen-bond donors (Lipinski definition) is 0. The minimum Gasteiger partial charge on any atom is -0.290 e. The van der Waals surface area contributed by atoms with Gasteiger partial charge in [-0.2, -0.15) is 13.2 Å². The molecule has 0 saturated carbocycles. The van der Waals surface area contributed by atoms with E-state index in [-0.39, 0.29) is 6.04 Å². The Hall–Kier alpha value is -2.73. The maximum absolute atomic E-state index is 12.7. The van der Waals surface area contributed by atoms with Crippen LogP contribution in [-0.2, 0) is 19.1 Å². The minimum atomic E-state index is -4.31. The Morgan fingerprint density at radius 2 is 1.79 bits per heavy atom. The van der Waals surface area contributed by atoms with Crippen molar-refractivity contribution in [2.45, 2.75) is 38.0 Å². The van der Waals surface area contributed by atoms with E-state index in [9.17, 15) is 13.2 Å². The first-order valence-electron chi connectivity index (χ1n) is 9.74. The van der Waals surface area contributed by atoms with Gasteiger partial charge in [0.25, 0.3) is 0 Å². The molecule has 4 rings (SSSR count). The van der Waals surface area contributed by atoms with Gasteiger partial charge in [-0.1, -0.05) is 24.3 Å². The van der Waals surface area contributed by atoms with Gasteiger partial charge in [-0.15, -0.1) is 0 Å². The highest BCUT2D eigenvalue weighted by Gasteiger charge is 2.30. The van der Waals surface area contributed by atoms with Crippen molar-refractivity contribution < 1.29 is 13.2 Å². The Labute approximate surface area is 168 Å². The molecule has 2 aromatic heterocycles. The number of likely N-dealkylation sites (tertiary alicyclic amines) is 1. The third kappa shape index (κ3) is 4.82. The van der Waals surface area contributed by atoms with Gasteiger partial charge in [0, 0.05) is 31.1 Å². The van der Waals surface area contributed by atoms with Gasteiger partial charge in [0.1, 0.15) is 0 Å². The average molecular weight is 397 g/mol. The van der Waals surface area contributed by atoms with Crippen molar-refractivity contribution in [3.8, 4) is 0 Å². The van der Waals surface area contributed by atoms with Crippen molar-refractivity contribution in [2.75, 3.05) is 6.54 Å². The Morgan fingerprint density at radius 1 is 0.966 bits per heavy atom. The second kappa shape index (κ2) is 8.33. The highest BCUT2D eigenvalue weighted by molar-refractivity contribution is 5.28. The van der Waals surface area contributed by atoms with Crippen molar-refractivity contribution in [1.29, 1.82) is 0 Å². The Morgan fingerprint density at radius 3 is 2.52 bits per heavy atom. The molecule has 0 unspecified atom stereocenters. The molecule has 0 radical (unpaired) electrons. The van der Waals surface area contributed by atoms with Crippen LogP contribution in [0.3, 0.4) is 0 Å². The van der Waals surface area contributed by atoms with Crippen molar-refractivity contribution in [3.63, 3.8) is 0 Å². The zero-order chi connectivity index (χ0) is 20.3. The van der Waals surface area contributed by atoms with Gasteiger partial charge >= 0.3 is 6.18 Å². The predicted molar refractivity (Wildman–Crippen MR) is 105 cm³/mol. The number of halogens is 3. The van der Waals surface area contributed by atoms with E-state index < -0.39 is 11.7 Å². The van der Waals surface area contributed by atoms with E-state index >= 15 is 0 Å². The number of hydrogen-bond acceptors (Lipinski definition) is 3. The molecule has 1 saturated heterocycles. The number of pyridine rings is 2. The molecule has 0 N–H and O–H groups in total. The zero-order valence-corrected chi connectivity index (χ0v) is 15.9. The highest BCUT2D eigenvalue weighted by atomic mass is 19.4. The summed E-state index contributed by atoms with van der Waals surface area (Å²) in [6.45, 7) is 1.85. The molecule has 3 nitrogen and oxygen atoms in total. The van der Waals surface area contributed by atoms with Crippen molar-refractivity contribution in [2.24, 2.45) is 0 Å². The Balaban J connectivity index is 1.48. The van der Waals surface area contributed by atoms with Gasteiger partial charge in [0.15, 0.2) is 0 Å².